The van der Waals surface area contributed by atoms with Crippen LogP contribution >= 0.6 is 0 Å². The van der Waals surface area contributed by atoms with Gasteiger partial charge in [0.1, 0.15) is 0 Å². The molecule has 2 unspecified atom stereocenters. The molecule has 2 atom stereocenters. The first kappa shape index (κ1) is 10.0. The van der Waals surface area contributed by atoms with Gasteiger partial charge in [-0.05, 0) is 32.4 Å². The van der Waals surface area contributed by atoms with Crippen LogP contribution in [0.1, 0.15) is 26.7 Å². The van der Waals surface area contributed by atoms with Gasteiger partial charge in [0.15, 0.2) is 0 Å². The molecule has 1 rings (SSSR count). The lowest BCUT2D eigenvalue weighted by atomic mass is 10.0. The number of nitrogens with one attached hydrogen (secondary N) is 1. The second kappa shape index (κ2) is 4.83. The van der Waals surface area contributed by atoms with Crippen LogP contribution in [0.2, 0.25) is 0 Å². The number of likely N-dealkylation sites (tertiary alicyclic amines) is 1. The van der Waals surface area contributed by atoms with Gasteiger partial charge in [-0.2, -0.15) is 0 Å². The highest BCUT2D eigenvalue weighted by Gasteiger charge is 2.19. The standard InChI is InChI=1S/C10H22N2/c1-4-12-7-9(2)5-6-10(8-12)11-3/h9-11H,4-8H2,1-3H3. The summed E-state index contributed by atoms with van der Waals surface area (Å²) in [4.78, 5) is 2.55. The van der Waals surface area contributed by atoms with E-state index in [2.05, 4.69) is 31.1 Å². The maximum absolute atomic E-state index is 3.39. The summed E-state index contributed by atoms with van der Waals surface area (Å²) < 4.78 is 0. The van der Waals surface area contributed by atoms with E-state index in [1.165, 1.54) is 32.5 Å². The zero-order chi connectivity index (χ0) is 8.97. The molecule has 12 heavy (non-hydrogen) atoms. The first-order valence-corrected chi connectivity index (χ1v) is 5.15. The molecule has 0 radical (unpaired) electrons. The molecule has 0 spiro atoms. The predicted molar refractivity (Wildman–Crippen MR) is 53.4 cm³/mol. The van der Waals surface area contributed by atoms with Crippen LogP contribution in [0.25, 0.3) is 0 Å². The van der Waals surface area contributed by atoms with E-state index in [1.807, 2.05) is 0 Å². The van der Waals surface area contributed by atoms with Gasteiger partial charge in [-0.15, -0.1) is 0 Å². The molecule has 1 saturated heterocycles. The van der Waals surface area contributed by atoms with Crippen molar-refractivity contribution < 1.29 is 0 Å². The number of hydrogen-bond acceptors (Lipinski definition) is 2. The van der Waals surface area contributed by atoms with E-state index in [4.69, 9.17) is 0 Å². The second-order valence-electron chi connectivity index (χ2n) is 4.02. The van der Waals surface area contributed by atoms with Crippen molar-refractivity contribution in [2.45, 2.75) is 32.7 Å². The minimum absolute atomic E-state index is 0.717. The van der Waals surface area contributed by atoms with E-state index in [9.17, 15) is 0 Å². The Morgan fingerprint density at radius 2 is 2.08 bits per heavy atom. The number of hydrogen-bond donors (Lipinski definition) is 1. The molecule has 0 aromatic carbocycles. The van der Waals surface area contributed by atoms with Crippen LogP contribution < -0.4 is 5.32 Å². The van der Waals surface area contributed by atoms with Crippen LogP contribution in [0, 0.1) is 5.92 Å². The van der Waals surface area contributed by atoms with Gasteiger partial charge in [-0.1, -0.05) is 13.8 Å². The zero-order valence-corrected chi connectivity index (χ0v) is 8.64. The minimum Gasteiger partial charge on any atom is -0.316 e. The Hall–Kier alpha value is -0.0800. The summed E-state index contributed by atoms with van der Waals surface area (Å²) in [5, 5.41) is 3.39. The molecule has 1 fully saturated rings. The fourth-order valence-corrected chi connectivity index (χ4v) is 1.99. The zero-order valence-electron chi connectivity index (χ0n) is 8.64. The van der Waals surface area contributed by atoms with Gasteiger partial charge in [0.25, 0.3) is 0 Å². The van der Waals surface area contributed by atoms with Crippen LogP contribution in [0.3, 0.4) is 0 Å². The van der Waals surface area contributed by atoms with E-state index in [0.717, 1.165) is 12.0 Å². The van der Waals surface area contributed by atoms with Crippen molar-refractivity contribution in [1.82, 2.24) is 10.2 Å². The molecular weight excluding hydrogens is 148 g/mol. The highest BCUT2D eigenvalue weighted by Crippen LogP contribution is 2.15. The van der Waals surface area contributed by atoms with Gasteiger partial charge in [0.05, 0.1) is 0 Å². The molecule has 2 nitrogen and oxygen atoms in total. The Bertz CT molecular complexity index is 125. The molecule has 0 aromatic heterocycles. The number of rotatable bonds is 2. The lowest BCUT2D eigenvalue weighted by molar-refractivity contribution is 0.254. The van der Waals surface area contributed by atoms with Gasteiger partial charge >= 0.3 is 0 Å². The lowest BCUT2D eigenvalue weighted by Crippen LogP contribution is -2.38. The van der Waals surface area contributed by atoms with Crippen molar-refractivity contribution in [2.24, 2.45) is 5.92 Å². The Morgan fingerprint density at radius 3 is 2.67 bits per heavy atom. The molecule has 72 valence electrons. The summed E-state index contributed by atoms with van der Waals surface area (Å²) in [6.45, 7) is 8.33. The molecule has 2 heteroatoms. The number of likely N-dealkylation sites (N-methyl/N-ethyl adjacent to an activating group) is 2. The van der Waals surface area contributed by atoms with Crippen LogP contribution in [-0.4, -0.2) is 37.6 Å². The molecule has 0 amide bonds. The summed E-state index contributed by atoms with van der Waals surface area (Å²) in [5.41, 5.74) is 0. The van der Waals surface area contributed by atoms with Crippen molar-refractivity contribution in [1.29, 1.82) is 0 Å². The van der Waals surface area contributed by atoms with Crippen molar-refractivity contribution >= 4 is 0 Å². The Morgan fingerprint density at radius 1 is 1.33 bits per heavy atom. The fraction of sp³-hybridized carbons (Fsp3) is 1.00. The third-order valence-corrected chi connectivity index (χ3v) is 2.91. The number of nitrogens with zero attached hydrogens (tertiary/aromatic N) is 1. The van der Waals surface area contributed by atoms with Gasteiger partial charge in [-0.3, -0.25) is 0 Å². The summed E-state index contributed by atoms with van der Waals surface area (Å²) in [6.07, 6.45) is 2.72. The monoisotopic (exact) mass is 170 g/mol. The van der Waals surface area contributed by atoms with Crippen molar-refractivity contribution in [3.05, 3.63) is 0 Å². The van der Waals surface area contributed by atoms with Gasteiger partial charge in [0.2, 0.25) is 0 Å². The molecule has 1 aliphatic heterocycles. The van der Waals surface area contributed by atoms with Gasteiger partial charge in [0, 0.05) is 19.1 Å². The molecule has 0 bridgehead atoms. The van der Waals surface area contributed by atoms with E-state index in [-0.39, 0.29) is 0 Å². The van der Waals surface area contributed by atoms with Crippen LogP contribution in [0.5, 0.6) is 0 Å². The maximum Gasteiger partial charge on any atom is 0.0192 e. The Balaban J connectivity index is 2.43. The summed E-state index contributed by atoms with van der Waals surface area (Å²) in [7, 11) is 2.08. The van der Waals surface area contributed by atoms with Crippen molar-refractivity contribution in [3.63, 3.8) is 0 Å². The quantitative estimate of drug-likeness (QED) is 0.672. The predicted octanol–water partition coefficient (Wildman–Crippen LogP) is 1.33. The Kier molecular flexibility index (Phi) is 4.02. The average Bonchev–Trinajstić information content (AvgIpc) is 2.26. The summed E-state index contributed by atoms with van der Waals surface area (Å²) in [5.74, 6) is 0.878. The molecule has 0 aliphatic carbocycles. The third-order valence-electron chi connectivity index (χ3n) is 2.91. The molecule has 0 aromatic rings. The van der Waals surface area contributed by atoms with E-state index >= 15 is 0 Å². The third kappa shape index (κ3) is 2.76. The largest absolute Gasteiger partial charge is 0.316 e. The van der Waals surface area contributed by atoms with Gasteiger partial charge in [-0.25, -0.2) is 0 Å². The SMILES string of the molecule is CCN1CC(C)CCC(NC)C1. The lowest BCUT2D eigenvalue weighted by Gasteiger charge is -2.23. The first-order chi connectivity index (χ1) is 5.76. The van der Waals surface area contributed by atoms with Crippen LogP contribution in [-0.2, 0) is 0 Å². The smallest absolute Gasteiger partial charge is 0.0192 e. The van der Waals surface area contributed by atoms with Crippen LogP contribution in [0.4, 0.5) is 0 Å². The highest BCUT2D eigenvalue weighted by molar-refractivity contribution is 4.77. The molecular formula is C10H22N2. The van der Waals surface area contributed by atoms with E-state index in [1.54, 1.807) is 0 Å². The first-order valence-electron chi connectivity index (χ1n) is 5.15. The summed E-state index contributed by atoms with van der Waals surface area (Å²) in [6, 6.07) is 0.717. The Labute approximate surface area is 76.3 Å². The molecule has 0 saturated carbocycles. The van der Waals surface area contributed by atoms with Crippen molar-refractivity contribution in [3.8, 4) is 0 Å². The van der Waals surface area contributed by atoms with E-state index in [0.29, 0.717) is 0 Å². The van der Waals surface area contributed by atoms with Gasteiger partial charge < -0.3 is 10.2 Å². The maximum atomic E-state index is 3.39. The average molecular weight is 170 g/mol. The van der Waals surface area contributed by atoms with Crippen molar-refractivity contribution in [2.75, 3.05) is 26.7 Å². The highest BCUT2D eigenvalue weighted by atomic mass is 15.1. The molecule has 1 N–H and O–H groups in total. The molecule has 1 aliphatic rings. The summed E-state index contributed by atoms with van der Waals surface area (Å²) >= 11 is 0. The minimum atomic E-state index is 0.717. The molecule has 1 heterocycles. The topological polar surface area (TPSA) is 15.3 Å². The van der Waals surface area contributed by atoms with Crippen LogP contribution in [0.15, 0.2) is 0 Å². The fourth-order valence-electron chi connectivity index (χ4n) is 1.99. The van der Waals surface area contributed by atoms with E-state index < -0.39 is 0 Å². The second-order valence-corrected chi connectivity index (χ2v) is 4.02. The normalized spacial score (nSPS) is 33.2.